The Bertz CT molecular complexity index is 445. The van der Waals surface area contributed by atoms with Crippen LogP contribution in [-0.2, 0) is 0 Å². The van der Waals surface area contributed by atoms with Crippen molar-refractivity contribution in [3.05, 3.63) is 28.2 Å². The van der Waals surface area contributed by atoms with Crippen molar-refractivity contribution in [2.75, 3.05) is 19.6 Å². The fourth-order valence-corrected chi connectivity index (χ4v) is 2.17. The summed E-state index contributed by atoms with van der Waals surface area (Å²) in [7, 11) is 0. The Morgan fingerprint density at radius 3 is 2.83 bits per heavy atom. The number of hydrogen-bond donors (Lipinski definition) is 2. The molecule has 0 bridgehead atoms. The van der Waals surface area contributed by atoms with Gasteiger partial charge in [-0.05, 0) is 38.9 Å². The smallest absolute Gasteiger partial charge is 0.271 e. The molecule has 1 saturated heterocycles. The molecule has 1 aromatic heterocycles. The summed E-state index contributed by atoms with van der Waals surface area (Å²) in [4.78, 5) is 25.0. The fraction of sp³-hybridized carbons (Fsp3) is 0.583. The van der Waals surface area contributed by atoms with E-state index in [1.165, 1.54) is 25.0 Å². The summed E-state index contributed by atoms with van der Waals surface area (Å²) in [5.74, 6) is -0.252. The summed E-state index contributed by atoms with van der Waals surface area (Å²) in [5.41, 5.74) is -0.0699. The number of likely N-dealkylation sites (tertiary alicyclic amines) is 1. The highest BCUT2D eigenvalue weighted by Crippen LogP contribution is 2.07. The van der Waals surface area contributed by atoms with Crippen molar-refractivity contribution in [2.24, 2.45) is 0 Å². The maximum atomic E-state index is 11.8. The summed E-state index contributed by atoms with van der Waals surface area (Å²) < 4.78 is 0. The lowest BCUT2D eigenvalue weighted by atomic mass is 10.3. The number of aromatic amines is 1. The third-order valence-corrected chi connectivity index (χ3v) is 3.02. The molecule has 2 heterocycles. The van der Waals surface area contributed by atoms with E-state index in [-0.39, 0.29) is 23.2 Å². The molecule has 1 atom stereocenters. The third kappa shape index (κ3) is 3.40. The molecule has 0 aliphatic carbocycles. The number of hydrogen-bond acceptors (Lipinski definition) is 4. The zero-order chi connectivity index (χ0) is 13.0. The Morgan fingerprint density at radius 1 is 1.50 bits per heavy atom. The third-order valence-electron chi connectivity index (χ3n) is 3.02. The van der Waals surface area contributed by atoms with E-state index in [1.54, 1.807) is 0 Å². The van der Waals surface area contributed by atoms with Crippen LogP contribution in [0.5, 0.6) is 0 Å². The summed E-state index contributed by atoms with van der Waals surface area (Å²) in [6.45, 7) is 5.05. The standard InChI is InChI=1S/C12H18N4O2/c1-9(8-16-6-2-3-7-16)13-12(18)10-4-5-11(17)15-14-10/h4-5,9H,2-3,6-8H2,1H3,(H,13,18)(H,15,17). The van der Waals surface area contributed by atoms with Gasteiger partial charge in [0, 0.05) is 18.7 Å². The van der Waals surface area contributed by atoms with Gasteiger partial charge in [-0.25, -0.2) is 5.10 Å². The van der Waals surface area contributed by atoms with Crippen LogP contribution in [0.15, 0.2) is 16.9 Å². The lowest BCUT2D eigenvalue weighted by Gasteiger charge is -2.20. The number of aromatic nitrogens is 2. The second-order valence-corrected chi connectivity index (χ2v) is 4.69. The van der Waals surface area contributed by atoms with Crippen molar-refractivity contribution >= 4 is 5.91 Å². The van der Waals surface area contributed by atoms with Gasteiger partial charge in [-0.15, -0.1) is 0 Å². The maximum Gasteiger partial charge on any atom is 0.271 e. The minimum atomic E-state index is -0.309. The molecule has 1 fully saturated rings. The normalized spacial score (nSPS) is 17.6. The van der Waals surface area contributed by atoms with E-state index in [9.17, 15) is 9.59 Å². The Hall–Kier alpha value is -1.69. The average Bonchev–Trinajstić information content (AvgIpc) is 2.82. The zero-order valence-corrected chi connectivity index (χ0v) is 10.5. The number of carbonyl (C=O) groups excluding carboxylic acids is 1. The molecular formula is C12H18N4O2. The predicted octanol–water partition coefficient (Wildman–Crippen LogP) is -0.0160. The molecule has 0 radical (unpaired) electrons. The number of carbonyl (C=O) groups is 1. The van der Waals surface area contributed by atoms with Crippen LogP contribution in [0, 0.1) is 0 Å². The first kappa shape index (κ1) is 12.8. The highest BCUT2D eigenvalue weighted by molar-refractivity contribution is 5.92. The first-order valence-electron chi connectivity index (χ1n) is 6.24. The molecule has 0 saturated carbocycles. The van der Waals surface area contributed by atoms with Crippen LogP contribution >= 0.6 is 0 Å². The number of nitrogens with zero attached hydrogens (tertiary/aromatic N) is 2. The Labute approximate surface area is 105 Å². The van der Waals surface area contributed by atoms with Crippen LogP contribution in [0.3, 0.4) is 0 Å². The van der Waals surface area contributed by atoms with Crippen molar-refractivity contribution in [2.45, 2.75) is 25.8 Å². The second-order valence-electron chi connectivity index (χ2n) is 4.69. The summed E-state index contributed by atoms with van der Waals surface area (Å²) in [5, 5.41) is 8.83. The first-order chi connectivity index (χ1) is 8.65. The molecule has 6 nitrogen and oxygen atoms in total. The van der Waals surface area contributed by atoms with E-state index in [1.807, 2.05) is 6.92 Å². The van der Waals surface area contributed by atoms with Crippen LogP contribution in [0.25, 0.3) is 0 Å². The topological polar surface area (TPSA) is 78.1 Å². The van der Waals surface area contributed by atoms with Gasteiger partial charge in [-0.3, -0.25) is 9.59 Å². The van der Waals surface area contributed by atoms with Crippen molar-refractivity contribution in [3.63, 3.8) is 0 Å². The van der Waals surface area contributed by atoms with Crippen molar-refractivity contribution in [1.82, 2.24) is 20.4 Å². The van der Waals surface area contributed by atoms with E-state index in [0.29, 0.717) is 0 Å². The van der Waals surface area contributed by atoms with Gasteiger partial charge >= 0.3 is 0 Å². The highest BCUT2D eigenvalue weighted by atomic mass is 16.2. The predicted molar refractivity (Wildman–Crippen MR) is 67.5 cm³/mol. The number of nitrogens with one attached hydrogen (secondary N) is 2. The molecule has 1 aliphatic heterocycles. The van der Waals surface area contributed by atoms with Crippen LogP contribution in [0.2, 0.25) is 0 Å². The molecular weight excluding hydrogens is 232 g/mol. The number of H-pyrrole nitrogens is 1. The van der Waals surface area contributed by atoms with Crippen LogP contribution < -0.4 is 10.9 Å². The van der Waals surface area contributed by atoms with Crippen molar-refractivity contribution in [3.8, 4) is 0 Å². The summed E-state index contributed by atoms with van der Waals surface area (Å²) >= 11 is 0. The Morgan fingerprint density at radius 2 is 2.22 bits per heavy atom. The van der Waals surface area contributed by atoms with Gasteiger partial charge < -0.3 is 10.2 Å². The largest absolute Gasteiger partial charge is 0.347 e. The van der Waals surface area contributed by atoms with Crippen molar-refractivity contribution < 1.29 is 4.79 Å². The van der Waals surface area contributed by atoms with E-state index >= 15 is 0 Å². The van der Waals surface area contributed by atoms with E-state index in [4.69, 9.17) is 0 Å². The van der Waals surface area contributed by atoms with Gasteiger partial charge in [0.15, 0.2) is 0 Å². The van der Waals surface area contributed by atoms with Gasteiger partial charge in [0.1, 0.15) is 5.69 Å². The molecule has 1 aromatic rings. The molecule has 6 heteroatoms. The fourth-order valence-electron chi connectivity index (χ4n) is 2.17. The summed E-state index contributed by atoms with van der Waals surface area (Å²) in [6, 6.07) is 2.80. The average molecular weight is 250 g/mol. The zero-order valence-electron chi connectivity index (χ0n) is 10.5. The molecule has 1 unspecified atom stereocenters. The highest BCUT2D eigenvalue weighted by Gasteiger charge is 2.17. The second kappa shape index (κ2) is 5.77. The Balaban J connectivity index is 1.86. The lowest BCUT2D eigenvalue weighted by molar-refractivity contribution is 0.0925. The van der Waals surface area contributed by atoms with Crippen LogP contribution in [-0.4, -0.2) is 46.7 Å². The SMILES string of the molecule is CC(CN1CCCC1)NC(=O)c1ccc(=O)[nH]n1. The van der Waals surface area contributed by atoms with Crippen molar-refractivity contribution in [1.29, 1.82) is 0 Å². The first-order valence-corrected chi connectivity index (χ1v) is 6.24. The Kier molecular flexibility index (Phi) is 4.09. The molecule has 1 aliphatic rings. The monoisotopic (exact) mass is 250 g/mol. The molecule has 98 valence electrons. The molecule has 18 heavy (non-hydrogen) atoms. The van der Waals surface area contributed by atoms with Gasteiger partial charge in [-0.1, -0.05) is 0 Å². The van der Waals surface area contributed by atoms with E-state index < -0.39 is 0 Å². The lowest BCUT2D eigenvalue weighted by Crippen LogP contribution is -2.41. The summed E-state index contributed by atoms with van der Waals surface area (Å²) in [6.07, 6.45) is 2.48. The molecule has 0 spiro atoms. The number of rotatable bonds is 4. The molecule has 2 N–H and O–H groups in total. The van der Waals surface area contributed by atoms with Gasteiger partial charge in [-0.2, -0.15) is 5.10 Å². The van der Waals surface area contributed by atoms with Gasteiger partial charge in [0.25, 0.3) is 11.5 Å². The minimum absolute atomic E-state index is 0.0735. The molecule has 0 aromatic carbocycles. The quantitative estimate of drug-likeness (QED) is 0.787. The van der Waals surface area contributed by atoms with Gasteiger partial charge in [0.05, 0.1) is 0 Å². The van der Waals surface area contributed by atoms with Crippen LogP contribution in [0.1, 0.15) is 30.3 Å². The van der Waals surface area contributed by atoms with E-state index in [2.05, 4.69) is 20.4 Å². The minimum Gasteiger partial charge on any atom is -0.347 e. The van der Waals surface area contributed by atoms with Gasteiger partial charge in [0.2, 0.25) is 0 Å². The van der Waals surface area contributed by atoms with Crippen LogP contribution in [0.4, 0.5) is 0 Å². The maximum absolute atomic E-state index is 11.8. The molecule has 1 amide bonds. The van der Waals surface area contributed by atoms with E-state index in [0.717, 1.165) is 19.6 Å². The molecule has 2 rings (SSSR count). The number of amides is 1.